The zero-order chi connectivity index (χ0) is 19.1. The number of ether oxygens (including phenoxy) is 2. The van der Waals surface area contributed by atoms with E-state index >= 15 is 0 Å². The van der Waals surface area contributed by atoms with E-state index in [4.69, 9.17) is 9.47 Å². The molecule has 0 unspecified atom stereocenters. The quantitative estimate of drug-likeness (QED) is 0.565. The average molecular weight is 393 g/mol. The van der Waals surface area contributed by atoms with Crippen LogP contribution in [0.3, 0.4) is 0 Å². The molecule has 0 saturated heterocycles. The minimum Gasteiger partial charge on any atom is -0.462 e. The molecule has 2 aromatic heterocycles. The molecule has 0 aliphatic carbocycles. The lowest BCUT2D eigenvalue weighted by atomic mass is 10.1. The Labute approximate surface area is 159 Å². The Bertz CT molecular complexity index is 821. The number of amides is 1. The van der Waals surface area contributed by atoms with Crippen LogP contribution < -0.4 is 5.32 Å². The number of hydrogen-bond acceptors (Lipinski definition) is 7. The van der Waals surface area contributed by atoms with Crippen LogP contribution in [0.4, 0.5) is 5.00 Å². The van der Waals surface area contributed by atoms with Gasteiger partial charge in [0.05, 0.1) is 18.8 Å². The van der Waals surface area contributed by atoms with E-state index in [0.717, 1.165) is 16.2 Å². The smallest absolute Gasteiger partial charge is 0.348 e. The van der Waals surface area contributed by atoms with E-state index < -0.39 is 17.8 Å². The first-order valence-corrected chi connectivity index (χ1v) is 9.67. The van der Waals surface area contributed by atoms with Gasteiger partial charge in [0.15, 0.2) is 0 Å². The predicted molar refractivity (Wildman–Crippen MR) is 103 cm³/mol. The van der Waals surface area contributed by atoms with Crippen LogP contribution in [0.5, 0.6) is 0 Å². The SMILES string of the molecule is CCOC(=O)c1sc(NC(=O)/C=C/c2cccs2)c(C(=O)OCC)c1C. The Balaban J connectivity index is 2.29. The summed E-state index contributed by atoms with van der Waals surface area (Å²) in [5.41, 5.74) is 0.613. The summed E-state index contributed by atoms with van der Waals surface area (Å²) in [5.74, 6) is -1.52. The van der Waals surface area contributed by atoms with E-state index in [1.54, 1.807) is 26.8 Å². The number of esters is 2. The molecule has 8 heteroatoms. The first-order chi connectivity index (χ1) is 12.5. The molecular formula is C18H19NO5S2. The predicted octanol–water partition coefficient (Wildman–Crippen LogP) is 4.12. The van der Waals surface area contributed by atoms with Crippen LogP contribution >= 0.6 is 22.7 Å². The number of thiophene rings is 2. The van der Waals surface area contributed by atoms with Crippen molar-refractivity contribution >= 4 is 51.6 Å². The van der Waals surface area contributed by atoms with Gasteiger partial charge >= 0.3 is 11.9 Å². The molecule has 0 aliphatic heterocycles. The van der Waals surface area contributed by atoms with E-state index in [-0.39, 0.29) is 28.7 Å². The lowest BCUT2D eigenvalue weighted by molar-refractivity contribution is -0.111. The Hall–Kier alpha value is -2.45. The van der Waals surface area contributed by atoms with Crippen LogP contribution in [-0.4, -0.2) is 31.1 Å². The fourth-order valence-electron chi connectivity index (χ4n) is 2.14. The maximum absolute atomic E-state index is 12.3. The van der Waals surface area contributed by atoms with Crippen molar-refractivity contribution in [1.82, 2.24) is 0 Å². The second-order valence-electron chi connectivity index (χ2n) is 5.04. The van der Waals surface area contributed by atoms with Crippen molar-refractivity contribution in [1.29, 1.82) is 0 Å². The summed E-state index contributed by atoms with van der Waals surface area (Å²) >= 11 is 2.50. The molecule has 6 nitrogen and oxygen atoms in total. The molecule has 0 atom stereocenters. The molecule has 0 radical (unpaired) electrons. The fraction of sp³-hybridized carbons (Fsp3) is 0.278. The summed E-state index contributed by atoms with van der Waals surface area (Å²) in [7, 11) is 0. The van der Waals surface area contributed by atoms with E-state index in [9.17, 15) is 14.4 Å². The second-order valence-corrected chi connectivity index (χ2v) is 7.04. The highest BCUT2D eigenvalue weighted by Crippen LogP contribution is 2.34. The van der Waals surface area contributed by atoms with Gasteiger partial charge < -0.3 is 14.8 Å². The Morgan fingerprint density at radius 3 is 2.46 bits per heavy atom. The third-order valence-electron chi connectivity index (χ3n) is 3.27. The lowest BCUT2D eigenvalue weighted by Crippen LogP contribution is -2.12. The summed E-state index contributed by atoms with van der Waals surface area (Å²) in [6, 6.07) is 3.77. The van der Waals surface area contributed by atoms with Crippen LogP contribution in [0.25, 0.3) is 6.08 Å². The van der Waals surface area contributed by atoms with Gasteiger partial charge in [0, 0.05) is 11.0 Å². The van der Waals surface area contributed by atoms with Crippen LogP contribution in [-0.2, 0) is 14.3 Å². The summed E-state index contributed by atoms with van der Waals surface area (Å²) in [6.45, 7) is 5.43. The normalized spacial score (nSPS) is 10.7. The van der Waals surface area contributed by atoms with Crippen molar-refractivity contribution in [2.75, 3.05) is 18.5 Å². The fourth-order valence-corrected chi connectivity index (χ4v) is 3.85. The summed E-state index contributed by atoms with van der Waals surface area (Å²) in [6.07, 6.45) is 3.05. The minimum atomic E-state index is -0.589. The van der Waals surface area contributed by atoms with Crippen LogP contribution in [0.1, 0.15) is 44.3 Å². The molecular weight excluding hydrogens is 374 g/mol. The van der Waals surface area contributed by atoms with E-state index in [2.05, 4.69) is 5.32 Å². The number of carbonyl (C=O) groups excluding carboxylic acids is 3. The highest BCUT2D eigenvalue weighted by molar-refractivity contribution is 7.18. The molecule has 2 heterocycles. The number of nitrogens with one attached hydrogen (secondary N) is 1. The van der Waals surface area contributed by atoms with Gasteiger partial charge in [0.1, 0.15) is 9.88 Å². The van der Waals surface area contributed by atoms with Gasteiger partial charge in [-0.25, -0.2) is 9.59 Å². The number of carbonyl (C=O) groups is 3. The molecule has 2 rings (SSSR count). The molecule has 0 aliphatic rings. The van der Waals surface area contributed by atoms with Crippen LogP contribution in [0, 0.1) is 6.92 Å². The maximum atomic E-state index is 12.3. The highest BCUT2D eigenvalue weighted by Gasteiger charge is 2.26. The maximum Gasteiger partial charge on any atom is 0.348 e. The van der Waals surface area contributed by atoms with Crippen molar-refractivity contribution in [2.24, 2.45) is 0 Å². The van der Waals surface area contributed by atoms with Gasteiger partial charge in [-0.1, -0.05) is 6.07 Å². The second kappa shape index (κ2) is 9.30. The summed E-state index contributed by atoms with van der Waals surface area (Å²) in [5, 5.41) is 4.84. The standard InChI is InChI=1S/C18H19NO5S2/c1-4-23-17(21)14-11(3)15(18(22)24-5-2)26-16(14)19-13(20)9-8-12-7-6-10-25-12/h6-10H,4-5H2,1-3H3,(H,19,20)/b9-8+. The first kappa shape index (κ1) is 19.9. The minimum absolute atomic E-state index is 0.178. The summed E-state index contributed by atoms with van der Waals surface area (Å²) in [4.78, 5) is 37.8. The average Bonchev–Trinajstić information content (AvgIpc) is 3.21. The van der Waals surface area contributed by atoms with E-state index in [1.165, 1.54) is 17.4 Å². The summed E-state index contributed by atoms with van der Waals surface area (Å²) < 4.78 is 10.1. The number of rotatable bonds is 7. The largest absolute Gasteiger partial charge is 0.462 e. The number of hydrogen-bond donors (Lipinski definition) is 1. The molecule has 1 N–H and O–H groups in total. The van der Waals surface area contributed by atoms with Gasteiger partial charge in [0.25, 0.3) is 0 Å². The van der Waals surface area contributed by atoms with Gasteiger partial charge in [-0.2, -0.15) is 0 Å². The molecule has 0 aromatic carbocycles. The molecule has 2 aromatic rings. The van der Waals surface area contributed by atoms with Crippen molar-refractivity contribution in [2.45, 2.75) is 20.8 Å². The van der Waals surface area contributed by atoms with Crippen molar-refractivity contribution < 1.29 is 23.9 Å². The third-order valence-corrected chi connectivity index (χ3v) is 5.29. The first-order valence-electron chi connectivity index (χ1n) is 7.98. The van der Waals surface area contributed by atoms with Crippen LogP contribution in [0.15, 0.2) is 23.6 Å². The van der Waals surface area contributed by atoms with Crippen molar-refractivity contribution in [3.63, 3.8) is 0 Å². The van der Waals surface area contributed by atoms with E-state index in [1.807, 2.05) is 17.5 Å². The molecule has 0 fully saturated rings. The number of anilines is 1. The van der Waals surface area contributed by atoms with Gasteiger partial charge in [-0.15, -0.1) is 22.7 Å². The van der Waals surface area contributed by atoms with Crippen molar-refractivity contribution in [3.05, 3.63) is 44.5 Å². The van der Waals surface area contributed by atoms with Gasteiger partial charge in [0.2, 0.25) is 5.91 Å². The molecule has 26 heavy (non-hydrogen) atoms. The topological polar surface area (TPSA) is 81.7 Å². The zero-order valence-corrected chi connectivity index (χ0v) is 16.3. The Kier molecular flexibility index (Phi) is 7.11. The Morgan fingerprint density at radius 1 is 1.15 bits per heavy atom. The lowest BCUT2D eigenvalue weighted by Gasteiger charge is -2.05. The van der Waals surface area contributed by atoms with Crippen molar-refractivity contribution in [3.8, 4) is 0 Å². The Morgan fingerprint density at radius 2 is 1.85 bits per heavy atom. The van der Waals surface area contributed by atoms with Gasteiger partial charge in [-0.3, -0.25) is 4.79 Å². The van der Waals surface area contributed by atoms with E-state index in [0.29, 0.717) is 5.56 Å². The molecule has 1 amide bonds. The molecule has 138 valence electrons. The third kappa shape index (κ3) is 4.80. The van der Waals surface area contributed by atoms with Crippen LogP contribution in [0.2, 0.25) is 0 Å². The molecule has 0 bridgehead atoms. The zero-order valence-electron chi connectivity index (χ0n) is 14.7. The van der Waals surface area contributed by atoms with Gasteiger partial charge in [-0.05, 0) is 43.9 Å². The molecule has 0 saturated carbocycles. The highest BCUT2D eigenvalue weighted by atomic mass is 32.1. The monoisotopic (exact) mass is 393 g/mol. The molecule has 0 spiro atoms.